The van der Waals surface area contributed by atoms with Crippen molar-refractivity contribution in [3.63, 3.8) is 0 Å². The van der Waals surface area contributed by atoms with Crippen LogP contribution < -0.4 is 0 Å². The molecule has 2 rings (SSSR count). The number of alkyl halides is 1. The molecule has 1 heterocycles. The molecule has 4 nitrogen and oxygen atoms in total. The number of ether oxygens (including phenoxy) is 1. The molecular weight excluding hydrogens is 274 g/mol. The Kier molecular flexibility index (Phi) is 4.27. The minimum atomic E-state index is -3.46. The van der Waals surface area contributed by atoms with Gasteiger partial charge in [-0.2, -0.15) is 4.31 Å². The fourth-order valence-corrected chi connectivity index (χ4v) is 3.80. The maximum absolute atomic E-state index is 12.5. The van der Waals surface area contributed by atoms with Crippen LogP contribution in [0, 0.1) is 0 Å². The third kappa shape index (κ3) is 2.69. The number of morpholine rings is 1. The fraction of sp³-hybridized carbons (Fsp3) is 0.500. The second-order valence-electron chi connectivity index (χ2n) is 4.35. The summed E-state index contributed by atoms with van der Waals surface area (Å²) in [6, 6.07) is 8.27. The minimum absolute atomic E-state index is 0.172. The SMILES string of the molecule is CC1COC(CCl)CN1S(=O)(=O)c1ccccc1. The van der Waals surface area contributed by atoms with Crippen LogP contribution in [-0.4, -0.2) is 43.9 Å². The summed E-state index contributed by atoms with van der Waals surface area (Å²) in [5.74, 6) is 0.299. The standard InChI is InChI=1S/C12H16ClNO3S/c1-10-9-17-11(7-13)8-14(10)18(15,16)12-5-3-2-4-6-12/h2-6,10-11H,7-9H2,1H3. The van der Waals surface area contributed by atoms with E-state index in [0.717, 1.165) is 0 Å². The molecular formula is C12H16ClNO3S. The molecule has 1 aromatic carbocycles. The van der Waals surface area contributed by atoms with Gasteiger partial charge in [0.25, 0.3) is 0 Å². The first-order valence-corrected chi connectivity index (χ1v) is 7.77. The molecule has 18 heavy (non-hydrogen) atoms. The van der Waals surface area contributed by atoms with Crippen molar-refractivity contribution in [3.8, 4) is 0 Å². The highest BCUT2D eigenvalue weighted by Gasteiger charge is 2.35. The molecule has 0 aliphatic carbocycles. The van der Waals surface area contributed by atoms with Crippen LogP contribution in [0.3, 0.4) is 0 Å². The molecule has 0 N–H and O–H groups in total. The molecule has 1 saturated heterocycles. The highest BCUT2D eigenvalue weighted by atomic mass is 35.5. The second-order valence-corrected chi connectivity index (χ2v) is 6.55. The Morgan fingerprint density at radius 2 is 2.06 bits per heavy atom. The summed E-state index contributed by atoms with van der Waals surface area (Å²) in [5, 5.41) is 0. The first kappa shape index (κ1) is 13.8. The van der Waals surface area contributed by atoms with Gasteiger partial charge in [-0.3, -0.25) is 0 Å². The smallest absolute Gasteiger partial charge is 0.243 e. The normalized spacial score (nSPS) is 26.1. The number of nitrogens with zero attached hydrogens (tertiary/aromatic N) is 1. The monoisotopic (exact) mass is 289 g/mol. The first-order valence-electron chi connectivity index (χ1n) is 5.80. The maximum atomic E-state index is 12.5. The quantitative estimate of drug-likeness (QED) is 0.796. The Hall–Kier alpha value is -0.620. The van der Waals surface area contributed by atoms with Crippen LogP contribution in [0.15, 0.2) is 35.2 Å². The van der Waals surface area contributed by atoms with Crippen LogP contribution in [-0.2, 0) is 14.8 Å². The molecule has 1 aromatic rings. The van der Waals surface area contributed by atoms with E-state index in [1.54, 1.807) is 30.3 Å². The summed E-state index contributed by atoms with van der Waals surface area (Å²) < 4.78 is 31.9. The molecule has 0 saturated carbocycles. The van der Waals surface area contributed by atoms with Crippen molar-refractivity contribution in [2.75, 3.05) is 19.0 Å². The van der Waals surface area contributed by atoms with E-state index >= 15 is 0 Å². The van der Waals surface area contributed by atoms with Gasteiger partial charge in [0.05, 0.1) is 17.6 Å². The van der Waals surface area contributed by atoms with Gasteiger partial charge in [0.2, 0.25) is 10.0 Å². The van der Waals surface area contributed by atoms with Gasteiger partial charge in [-0.1, -0.05) is 18.2 Å². The molecule has 6 heteroatoms. The van der Waals surface area contributed by atoms with Gasteiger partial charge in [0.1, 0.15) is 0 Å². The molecule has 1 aliphatic rings. The van der Waals surface area contributed by atoms with Gasteiger partial charge in [-0.05, 0) is 19.1 Å². The van der Waals surface area contributed by atoms with Gasteiger partial charge in [0, 0.05) is 18.5 Å². The van der Waals surface area contributed by atoms with Crippen LogP contribution in [0.4, 0.5) is 0 Å². The first-order chi connectivity index (χ1) is 8.55. The van der Waals surface area contributed by atoms with Gasteiger partial charge in [0.15, 0.2) is 0 Å². The lowest BCUT2D eigenvalue weighted by Gasteiger charge is -2.36. The van der Waals surface area contributed by atoms with Crippen molar-refractivity contribution in [1.82, 2.24) is 4.31 Å². The lowest BCUT2D eigenvalue weighted by Crippen LogP contribution is -2.51. The van der Waals surface area contributed by atoms with Crippen molar-refractivity contribution in [2.45, 2.75) is 24.0 Å². The number of hydrogen-bond donors (Lipinski definition) is 0. The molecule has 1 aliphatic heterocycles. The Labute approximate surface area is 113 Å². The van der Waals surface area contributed by atoms with E-state index in [9.17, 15) is 8.42 Å². The van der Waals surface area contributed by atoms with Crippen molar-refractivity contribution in [2.24, 2.45) is 0 Å². The Morgan fingerprint density at radius 3 is 2.67 bits per heavy atom. The number of halogens is 1. The molecule has 2 unspecified atom stereocenters. The summed E-state index contributed by atoms with van der Waals surface area (Å²) in [7, 11) is -3.46. The molecule has 2 atom stereocenters. The molecule has 0 bridgehead atoms. The average Bonchev–Trinajstić information content (AvgIpc) is 2.40. The van der Waals surface area contributed by atoms with Gasteiger partial charge in [-0.25, -0.2) is 8.42 Å². The highest BCUT2D eigenvalue weighted by molar-refractivity contribution is 7.89. The van der Waals surface area contributed by atoms with Gasteiger partial charge in [-0.15, -0.1) is 11.6 Å². The van der Waals surface area contributed by atoms with Crippen LogP contribution in [0.25, 0.3) is 0 Å². The average molecular weight is 290 g/mol. The van der Waals surface area contributed by atoms with Crippen molar-refractivity contribution < 1.29 is 13.2 Å². The predicted octanol–water partition coefficient (Wildman–Crippen LogP) is 1.70. The number of rotatable bonds is 3. The zero-order chi connectivity index (χ0) is 13.2. The van der Waals surface area contributed by atoms with Crippen molar-refractivity contribution in [3.05, 3.63) is 30.3 Å². The molecule has 0 radical (unpaired) electrons. The van der Waals surface area contributed by atoms with E-state index in [0.29, 0.717) is 23.9 Å². The fourth-order valence-electron chi connectivity index (χ4n) is 1.95. The molecule has 0 spiro atoms. The van der Waals surface area contributed by atoms with Crippen LogP contribution in [0.5, 0.6) is 0 Å². The summed E-state index contributed by atoms with van der Waals surface area (Å²) in [6.45, 7) is 2.52. The third-order valence-corrected chi connectivity index (χ3v) is 5.31. The van der Waals surface area contributed by atoms with E-state index in [4.69, 9.17) is 16.3 Å². The second kappa shape index (κ2) is 5.57. The number of benzene rings is 1. The van der Waals surface area contributed by atoms with E-state index in [2.05, 4.69) is 0 Å². The lowest BCUT2D eigenvalue weighted by molar-refractivity contribution is -0.0152. The van der Waals surface area contributed by atoms with Gasteiger partial charge >= 0.3 is 0 Å². The Bertz CT molecular complexity index is 491. The number of hydrogen-bond acceptors (Lipinski definition) is 3. The molecule has 100 valence electrons. The summed E-state index contributed by atoms with van der Waals surface area (Å²) >= 11 is 5.74. The van der Waals surface area contributed by atoms with E-state index in [1.807, 2.05) is 6.92 Å². The largest absolute Gasteiger partial charge is 0.374 e. The van der Waals surface area contributed by atoms with Crippen molar-refractivity contribution in [1.29, 1.82) is 0 Å². The number of sulfonamides is 1. The summed E-state index contributed by atoms with van der Waals surface area (Å²) in [5.41, 5.74) is 0. The van der Waals surface area contributed by atoms with Crippen molar-refractivity contribution >= 4 is 21.6 Å². The molecule has 1 fully saturated rings. The Morgan fingerprint density at radius 1 is 1.39 bits per heavy atom. The lowest BCUT2D eigenvalue weighted by atomic mass is 10.2. The topological polar surface area (TPSA) is 46.6 Å². The highest BCUT2D eigenvalue weighted by Crippen LogP contribution is 2.22. The van der Waals surface area contributed by atoms with Crippen LogP contribution in [0.2, 0.25) is 0 Å². The third-order valence-electron chi connectivity index (χ3n) is 2.97. The van der Waals surface area contributed by atoms with Crippen LogP contribution >= 0.6 is 11.6 Å². The maximum Gasteiger partial charge on any atom is 0.243 e. The Balaban J connectivity index is 2.29. The van der Waals surface area contributed by atoms with E-state index < -0.39 is 10.0 Å². The van der Waals surface area contributed by atoms with Crippen LogP contribution in [0.1, 0.15) is 6.92 Å². The van der Waals surface area contributed by atoms with E-state index in [1.165, 1.54) is 4.31 Å². The van der Waals surface area contributed by atoms with Gasteiger partial charge < -0.3 is 4.74 Å². The zero-order valence-electron chi connectivity index (χ0n) is 10.1. The molecule has 0 aromatic heterocycles. The minimum Gasteiger partial charge on any atom is -0.374 e. The molecule has 0 amide bonds. The zero-order valence-corrected chi connectivity index (χ0v) is 11.7. The predicted molar refractivity (Wildman–Crippen MR) is 70.3 cm³/mol. The summed E-state index contributed by atoms with van der Waals surface area (Å²) in [4.78, 5) is 0.312. The summed E-state index contributed by atoms with van der Waals surface area (Å²) in [6.07, 6.45) is -0.235. The van der Waals surface area contributed by atoms with E-state index in [-0.39, 0.29) is 12.1 Å².